The molecule has 0 radical (unpaired) electrons. The molecule has 1 saturated heterocycles. The molecule has 4 heteroatoms. The van der Waals surface area contributed by atoms with E-state index in [2.05, 4.69) is 10.2 Å². The molecule has 1 aliphatic rings. The molecule has 0 saturated carbocycles. The second kappa shape index (κ2) is 3.31. The average Bonchev–Trinajstić information content (AvgIpc) is 2.74. The largest absolute Gasteiger partial charge is 0.298 e. The van der Waals surface area contributed by atoms with Crippen molar-refractivity contribution in [3.05, 3.63) is 17.5 Å². The number of hydrogen-bond acceptors (Lipinski definition) is 3. The highest BCUT2D eigenvalue weighted by atomic mass is 32.2. The number of hydrogen-bond donors (Lipinski definition) is 1. The van der Waals surface area contributed by atoms with Gasteiger partial charge in [0.05, 0.1) is 11.8 Å². The van der Waals surface area contributed by atoms with Crippen LogP contribution in [0.15, 0.2) is 6.20 Å². The molecule has 1 atom stereocenters. The van der Waals surface area contributed by atoms with Crippen LogP contribution in [0.25, 0.3) is 0 Å². The van der Waals surface area contributed by atoms with Crippen LogP contribution in [0.2, 0.25) is 0 Å². The molecule has 1 aromatic rings. The molecule has 64 valence electrons. The van der Waals surface area contributed by atoms with E-state index in [0.717, 1.165) is 29.7 Å². The number of nitrogens with zero attached hydrogens (tertiary/aromatic N) is 1. The lowest BCUT2D eigenvalue weighted by Crippen LogP contribution is -2.00. The van der Waals surface area contributed by atoms with Crippen molar-refractivity contribution in [3.63, 3.8) is 0 Å². The lowest BCUT2D eigenvalue weighted by Gasteiger charge is -2.04. The predicted molar refractivity (Wildman–Crippen MR) is 48.7 cm³/mol. The lowest BCUT2D eigenvalue weighted by molar-refractivity contribution is 0.112. The Morgan fingerprint density at radius 2 is 2.67 bits per heavy atom. The van der Waals surface area contributed by atoms with Crippen LogP contribution in [0, 0.1) is 0 Å². The number of carbonyl (C=O) groups is 1. The fraction of sp³-hybridized carbons (Fsp3) is 0.500. The van der Waals surface area contributed by atoms with Crippen molar-refractivity contribution in [1.29, 1.82) is 0 Å². The van der Waals surface area contributed by atoms with Gasteiger partial charge in [-0.1, -0.05) is 0 Å². The highest BCUT2D eigenvalue weighted by molar-refractivity contribution is 7.99. The summed E-state index contributed by atoms with van der Waals surface area (Å²) in [6, 6.07) is 0. The predicted octanol–water partition coefficient (Wildman–Crippen LogP) is 1.44. The Hall–Kier alpha value is -0.770. The number of thioether (sulfide) groups is 1. The van der Waals surface area contributed by atoms with Crippen LogP contribution in [-0.4, -0.2) is 28.0 Å². The first-order valence-corrected chi connectivity index (χ1v) is 5.13. The molecule has 2 heterocycles. The maximum Gasteiger partial charge on any atom is 0.153 e. The minimum Gasteiger partial charge on any atom is -0.298 e. The van der Waals surface area contributed by atoms with Gasteiger partial charge >= 0.3 is 0 Å². The highest BCUT2D eigenvalue weighted by Gasteiger charge is 2.21. The molecule has 0 bridgehead atoms. The maximum atomic E-state index is 10.6. The fourth-order valence-electron chi connectivity index (χ4n) is 1.49. The SMILES string of the molecule is O=Cc1cn[nH]c1C1CCSC1. The molecule has 2 rings (SSSR count). The van der Waals surface area contributed by atoms with Crippen molar-refractivity contribution in [3.8, 4) is 0 Å². The molecule has 12 heavy (non-hydrogen) atoms. The summed E-state index contributed by atoms with van der Waals surface area (Å²) >= 11 is 1.94. The lowest BCUT2D eigenvalue weighted by atomic mass is 10.0. The molecule has 1 unspecified atom stereocenters. The molecule has 1 fully saturated rings. The minimum absolute atomic E-state index is 0.512. The van der Waals surface area contributed by atoms with Gasteiger partial charge in [-0.2, -0.15) is 16.9 Å². The number of H-pyrrole nitrogens is 1. The van der Waals surface area contributed by atoms with Crippen LogP contribution in [0.5, 0.6) is 0 Å². The molecular weight excluding hydrogens is 172 g/mol. The van der Waals surface area contributed by atoms with Gasteiger partial charge in [0.1, 0.15) is 0 Å². The number of aldehydes is 1. The third kappa shape index (κ3) is 1.27. The monoisotopic (exact) mass is 182 g/mol. The molecule has 0 aliphatic carbocycles. The van der Waals surface area contributed by atoms with E-state index in [-0.39, 0.29) is 0 Å². The molecule has 0 amide bonds. The number of aromatic amines is 1. The van der Waals surface area contributed by atoms with Gasteiger partial charge in [0.15, 0.2) is 6.29 Å². The highest BCUT2D eigenvalue weighted by Crippen LogP contribution is 2.32. The van der Waals surface area contributed by atoms with Gasteiger partial charge in [-0.3, -0.25) is 9.89 Å². The summed E-state index contributed by atoms with van der Waals surface area (Å²) < 4.78 is 0. The summed E-state index contributed by atoms with van der Waals surface area (Å²) in [5.74, 6) is 2.82. The van der Waals surface area contributed by atoms with Crippen molar-refractivity contribution in [2.75, 3.05) is 11.5 Å². The number of rotatable bonds is 2. The second-order valence-electron chi connectivity index (χ2n) is 2.92. The third-order valence-electron chi connectivity index (χ3n) is 2.16. The molecule has 1 aliphatic heterocycles. The van der Waals surface area contributed by atoms with Crippen LogP contribution in [0.1, 0.15) is 28.4 Å². The van der Waals surface area contributed by atoms with Gasteiger partial charge in [-0.25, -0.2) is 0 Å². The van der Waals surface area contributed by atoms with Crippen molar-refractivity contribution in [1.82, 2.24) is 10.2 Å². The van der Waals surface area contributed by atoms with E-state index in [1.165, 1.54) is 5.75 Å². The molecule has 1 aromatic heterocycles. The summed E-state index contributed by atoms with van der Waals surface area (Å²) in [6.07, 6.45) is 3.64. The Bertz CT molecular complexity index is 278. The average molecular weight is 182 g/mol. The van der Waals surface area contributed by atoms with Crippen LogP contribution in [0.4, 0.5) is 0 Å². The molecule has 1 N–H and O–H groups in total. The fourth-order valence-corrected chi connectivity index (χ4v) is 2.72. The van der Waals surface area contributed by atoms with E-state index >= 15 is 0 Å². The van der Waals surface area contributed by atoms with Crippen molar-refractivity contribution in [2.24, 2.45) is 0 Å². The van der Waals surface area contributed by atoms with Crippen LogP contribution in [-0.2, 0) is 0 Å². The van der Waals surface area contributed by atoms with E-state index < -0.39 is 0 Å². The summed E-state index contributed by atoms with van der Waals surface area (Å²) in [5.41, 5.74) is 1.75. The van der Waals surface area contributed by atoms with Crippen LogP contribution in [0.3, 0.4) is 0 Å². The third-order valence-corrected chi connectivity index (χ3v) is 3.33. The van der Waals surface area contributed by atoms with E-state index in [1.807, 2.05) is 11.8 Å². The van der Waals surface area contributed by atoms with E-state index in [4.69, 9.17) is 0 Å². The van der Waals surface area contributed by atoms with Gasteiger partial charge in [0.2, 0.25) is 0 Å². The summed E-state index contributed by atoms with van der Waals surface area (Å²) in [4.78, 5) is 10.6. The zero-order valence-electron chi connectivity index (χ0n) is 6.62. The standard InChI is InChI=1S/C8H10N2OS/c11-4-7-3-9-10-8(7)6-1-2-12-5-6/h3-4,6H,1-2,5H2,(H,9,10). The van der Waals surface area contributed by atoms with E-state index in [9.17, 15) is 4.79 Å². The van der Waals surface area contributed by atoms with E-state index in [1.54, 1.807) is 6.20 Å². The first kappa shape index (κ1) is 7.86. The van der Waals surface area contributed by atoms with Gasteiger partial charge < -0.3 is 0 Å². The number of nitrogens with one attached hydrogen (secondary N) is 1. The molecule has 0 spiro atoms. The van der Waals surface area contributed by atoms with Crippen LogP contribution >= 0.6 is 11.8 Å². The Labute approximate surface area is 74.9 Å². The normalized spacial score (nSPS) is 22.8. The zero-order chi connectivity index (χ0) is 8.39. The first-order chi connectivity index (χ1) is 5.92. The summed E-state index contributed by atoms with van der Waals surface area (Å²) in [5, 5.41) is 6.78. The Kier molecular flexibility index (Phi) is 2.17. The van der Waals surface area contributed by atoms with Crippen molar-refractivity contribution < 1.29 is 4.79 Å². The minimum atomic E-state index is 0.512. The maximum absolute atomic E-state index is 10.6. The second-order valence-corrected chi connectivity index (χ2v) is 4.07. The van der Waals surface area contributed by atoms with Gasteiger partial charge in [-0.15, -0.1) is 0 Å². The number of aromatic nitrogens is 2. The molecule has 0 aromatic carbocycles. The van der Waals surface area contributed by atoms with Crippen molar-refractivity contribution >= 4 is 18.0 Å². The first-order valence-electron chi connectivity index (χ1n) is 3.98. The molecular formula is C8H10N2OS. The van der Waals surface area contributed by atoms with Crippen molar-refractivity contribution in [2.45, 2.75) is 12.3 Å². The number of carbonyl (C=O) groups excluding carboxylic acids is 1. The van der Waals surface area contributed by atoms with Gasteiger partial charge in [-0.05, 0) is 12.2 Å². The van der Waals surface area contributed by atoms with Crippen LogP contribution < -0.4 is 0 Å². The zero-order valence-corrected chi connectivity index (χ0v) is 7.43. The Morgan fingerprint density at radius 1 is 1.75 bits per heavy atom. The Balaban J connectivity index is 2.25. The van der Waals surface area contributed by atoms with E-state index in [0.29, 0.717) is 5.92 Å². The summed E-state index contributed by atoms with van der Waals surface area (Å²) in [6.45, 7) is 0. The quantitative estimate of drug-likeness (QED) is 0.704. The molecule has 3 nitrogen and oxygen atoms in total. The topological polar surface area (TPSA) is 45.8 Å². The Morgan fingerprint density at radius 3 is 3.33 bits per heavy atom. The summed E-state index contributed by atoms with van der Waals surface area (Å²) in [7, 11) is 0. The van der Waals surface area contributed by atoms with Gasteiger partial charge in [0.25, 0.3) is 0 Å². The van der Waals surface area contributed by atoms with Gasteiger partial charge in [0, 0.05) is 17.4 Å². The smallest absolute Gasteiger partial charge is 0.153 e.